The molecule has 0 bridgehead atoms. The van der Waals surface area contributed by atoms with Crippen LogP contribution in [0.1, 0.15) is 5.56 Å². The number of hydrogen-bond donors (Lipinski definition) is 0. The van der Waals surface area contributed by atoms with Crippen molar-refractivity contribution in [1.29, 1.82) is 0 Å². The molecule has 0 saturated carbocycles. The molecule has 0 amide bonds. The number of hydrogen-bond acceptors (Lipinski definition) is 0. The second-order valence-corrected chi connectivity index (χ2v) is 6.57. The van der Waals surface area contributed by atoms with Crippen LogP contribution in [0.2, 0.25) is 0 Å². The van der Waals surface area contributed by atoms with Crippen LogP contribution in [-0.2, 0) is 26.2 Å². The number of rotatable bonds is 1. The molecule has 3 heteroatoms. The van der Waals surface area contributed by atoms with Crippen molar-refractivity contribution in [3.05, 3.63) is 90.5 Å². The molecule has 0 atom stereocenters. The zero-order valence-corrected chi connectivity index (χ0v) is 18.8. The Bertz CT molecular complexity index is 1190. The third kappa shape index (κ3) is 3.74. The standard InChI is InChI=1S/C24H17.2ClH.Zr/c1-16-12-20-11-10-17-6-4-5-9-22(17)24(20)23(13-16)21-14-18-7-2-3-8-19(18)15-21;;;/h2-15H,1H3;2*1H;/q-1;;;+3/p-2. The first kappa shape index (κ1) is 21.8. The van der Waals surface area contributed by atoms with E-state index in [-0.39, 0.29) is 51.0 Å². The van der Waals surface area contributed by atoms with Gasteiger partial charge in [0.15, 0.2) is 0 Å². The SMILES string of the molecule is Cc1cc(-c2cc3ccccc3[cH-]2)c2c(ccc3ccccc32)c1.[Cl-].[Cl-].[Zr+3]. The van der Waals surface area contributed by atoms with E-state index in [0.717, 1.165) is 0 Å². The van der Waals surface area contributed by atoms with E-state index >= 15 is 0 Å². The first-order chi connectivity index (χ1) is 11.8. The monoisotopic (exact) mass is 465 g/mol. The Kier molecular flexibility index (Phi) is 6.98. The minimum atomic E-state index is 0. The van der Waals surface area contributed by atoms with E-state index in [1.165, 1.54) is 49.0 Å². The molecule has 0 aliphatic heterocycles. The quantitative estimate of drug-likeness (QED) is 0.253. The van der Waals surface area contributed by atoms with E-state index in [0.29, 0.717) is 0 Å². The molecule has 0 saturated heterocycles. The van der Waals surface area contributed by atoms with E-state index in [1.54, 1.807) is 0 Å². The summed E-state index contributed by atoms with van der Waals surface area (Å²) in [6.07, 6.45) is 0. The fraction of sp³-hybridized carbons (Fsp3) is 0.0417. The molecule has 0 spiro atoms. The summed E-state index contributed by atoms with van der Waals surface area (Å²) in [7, 11) is 0. The normalized spacial score (nSPS) is 10.3. The van der Waals surface area contributed by atoms with Crippen LogP contribution >= 0.6 is 0 Å². The van der Waals surface area contributed by atoms with Gasteiger partial charge in [-0.1, -0.05) is 77.9 Å². The predicted octanol–water partition coefficient (Wildman–Crippen LogP) is 0.846. The number of halogens is 2. The Morgan fingerprint density at radius 1 is 0.667 bits per heavy atom. The Hall–Kier alpha value is -1.53. The molecular weight excluding hydrogens is 450 g/mol. The van der Waals surface area contributed by atoms with Gasteiger partial charge >= 0.3 is 26.2 Å². The largest absolute Gasteiger partial charge is 3.00 e. The third-order valence-electron chi connectivity index (χ3n) is 4.91. The van der Waals surface area contributed by atoms with E-state index in [9.17, 15) is 0 Å². The predicted molar refractivity (Wildman–Crippen MR) is 105 cm³/mol. The molecular formula is C24H17Cl2Zr. The molecule has 0 aliphatic carbocycles. The molecule has 0 fully saturated rings. The van der Waals surface area contributed by atoms with Gasteiger partial charge in [0, 0.05) is 0 Å². The molecule has 5 rings (SSSR count). The first-order valence-electron chi connectivity index (χ1n) is 8.37. The first-order valence-corrected chi connectivity index (χ1v) is 8.37. The van der Waals surface area contributed by atoms with Crippen LogP contribution in [0.15, 0.2) is 84.9 Å². The zero-order valence-electron chi connectivity index (χ0n) is 14.8. The van der Waals surface area contributed by atoms with Gasteiger partial charge in [0.05, 0.1) is 0 Å². The van der Waals surface area contributed by atoms with E-state index in [2.05, 4.69) is 91.9 Å². The molecule has 131 valence electrons. The maximum absolute atomic E-state index is 2.32. The summed E-state index contributed by atoms with van der Waals surface area (Å²) in [6.45, 7) is 2.18. The van der Waals surface area contributed by atoms with Crippen LogP contribution in [0.5, 0.6) is 0 Å². The summed E-state index contributed by atoms with van der Waals surface area (Å²) in [6, 6.07) is 31.0. The van der Waals surface area contributed by atoms with E-state index < -0.39 is 0 Å². The molecule has 0 nitrogen and oxygen atoms in total. The second-order valence-electron chi connectivity index (χ2n) is 6.57. The van der Waals surface area contributed by atoms with E-state index in [1.807, 2.05) is 0 Å². The smallest absolute Gasteiger partial charge is 1.00 e. The molecule has 0 aromatic heterocycles. The summed E-state index contributed by atoms with van der Waals surface area (Å²) in [5.41, 5.74) is 3.94. The summed E-state index contributed by atoms with van der Waals surface area (Å²) in [5.74, 6) is 0. The van der Waals surface area contributed by atoms with Gasteiger partial charge in [-0.3, -0.25) is 0 Å². The molecule has 0 aliphatic rings. The van der Waals surface area contributed by atoms with Crippen LogP contribution < -0.4 is 24.8 Å². The summed E-state index contributed by atoms with van der Waals surface area (Å²) >= 11 is 0. The fourth-order valence-corrected chi connectivity index (χ4v) is 3.83. The van der Waals surface area contributed by atoms with Crippen molar-refractivity contribution in [2.24, 2.45) is 0 Å². The second kappa shape index (κ2) is 8.65. The summed E-state index contributed by atoms with van der Waals surface area (Å²) in [5, 5.41) is 7.91. The molecule has 27 heavy (non-hydrogen) atoms. The molecule has 0 heterocycles. The van der Waals surface area contributed by atoms with Gasteiger partial charge in [0.25, 0.3) is 0 Å². The van der Waals surface area contributed by atoms with Crippen molar-refractivity contribution in [3.63, 3.8) is 0 Å². The van der Waals surface area contributed by atoms with Crippen LogP contribution in [0.25, 0.3) is 43.4 Å². The van der Waals surface area contributed by atoms with E-state index in [4.69, 9.17) is 0 Å². The van der Waals surface area contributed by atoms with Crippen LogP contribution in [0, 0.1) is 6.92 Å². The molecule has 1 radical (unpaired) electrons. The average molecular weight is 468 g/mol. The van der Waals surface area contributed by atoms with Gasteiger partial charge in [0.1, 0.15) is 0 Å². The van der Waals surface area contributed by atoms with Crippen LogP contribution in [-0.4, -0.2) is 0 Å². The van der Waals surface area contributed by atoms with Crippen molar-refractivity contribution in [2.45, 2.75) is 6.92 Å². The van der Waals surface area contributed by atoms with Gasteiger partial charge in [-0.15, -0.1) is 34.5 Å². The van der Waals surface area contributed by atoms with Crippen molar-refractivity contribution < 1.29 is 51.0 Å². The molecule has 0 N–H and O–H groups in total. The van der Waals surface area contributed by atoms with Gasteiger partial charge in [0.2, 0.25) is 0 Å². The Labute approximate surface area is 190 Å². The van der Waals surface area contributed by atoms with Crippen LogP contribution in [0.3, 0.4) is 0 Å². The fourth-order valence-electron chi connectivity index (χ4n) is 3.83. The topological polar surface area (TPSA) is 0 Å². The minimum absolute atomic E-state index is 0. The third-order valence-corrected chi connectivity index (χ3v) is 4.91. The van der Waals surface area contributed by atoms with Gasteiger partial charge < -0.3 is 24.8 Å². The summed E-state index contributed by atoms with van der Waals surface area (Å²) in [4.78, 5) is 0. The molecule has 5 aromatic rings. The average Bonchev–Trinajstić information content (AvgIpc) is 3.04. The van der Waals surface area contributed by atoms with Crippen molar-refractivity contribution in [1.82, 2.24) is 0 Å². The van der Waals surface area contributed by atoms with Gasteiger partial charge in [-0.25, -0.2) is 0 Å². The Morgan fingerprint density at radius 2 is 1.33 bits per heavy atom. The number of aryl methyl sites for hydroxylation is 1. The Balaban J connectivity index is 0.000000871. The minimum Gasteiger partial charge on any atom is -1.00 e. The maximum atomic E-state index is 2.32. The van der Waals surface area contributed by atoms with Crippen molar-refractivity contribution in [2.75, 3.05) is 0 Å². The van der Waals surface area contributed by atoms with Gasteiger partial charge in [-0.2, -0.15) is 0 Å². The van der Waals surface area contributed by atoms with Crippen LogP contribution in [0.4, 0.5) is 0 Å². The summed E-state index contributed by atoms with van der Waals surface area (Å²) < 4.78 is 0. The number of benzene rings is 4. The zero-order chi connectivity index (χ0) is 16.1. The Morgan fingerprint density at radius 3 is 2.11 bits per heavy atom. The maximum Gasteiger partial charge on any atom is 3.00 e. The van der Waals surface area contributed by atoms with Gasteiger partial charge in [-0.05, 0) is 28.5 Å². The molecule has 5 aromatic carbocycles. The van der Waals surface area contributed by atoms with Crippen molar-refractivity contribution >= 4 is 32.3 Å². The van der Waals surface area contributed by atoms with Crippen molar-refractivity contribution in [3.8, 4) is 11.1 Å². The number of fused-ring (bicyclic) bond motifs is 4. The molecule has 0 unspecified atom stereocenters.